The van der Waals surface area contributed by atoms with Gasteiger partial charge in [0.05, 0.1) is 0 Å². The number of nitrogens with two attached hydrogens (primary N) is 1. The van der Waals surface area contributed by atoms with Gasteiger partial charge in [-0.3, -0.25) is 0 Å². The van der Waals surface area contributed by atoms with Crippen molar-refractivity contribution in [2.75, 3.05) is 6.54 Å². The summed E-state index contributed by atoms with van der Waals surface area (Å²) in [5, 5.41) is 0. The highest BCUT2D eigenvalue weighted by Crippen LogP contribution is 2.22. The van der Waals surface area contributed by atoms with Crippen LogP contribution in [0.15, 0.2) is 12.3 Å². The average Bonchev–Trinajstić information content (AvgIpc) is 2.18. The molecule has 0 atom stereocenters. The van der Waals surface area contributed by atoms with Gasteiger partial charge in [0.25, 0.3) is 0 Å². The zero-order valence-electron chi connectivity index (χ0n) is 9.25. The summed E-state index contributed by atoms with van der Waals surface area (Å²) in [5.41, 5.74) is 6.65. The van der Waals surface area contributed by atoms with Crippen molar-refractivity contribution in [3.63, 3.8) is 0 Å². The molecule has 14 heavy (non-hydrogen) atoms. The van der Waals surface area contributed by atoms with Crippen molar-refractivity contribution >= 4 is 0 Å². The normalized spacial score (nSPS) is 11.7. The molecule has 0 aliphatic carbocycles. The van der Waals surface area contributed by atoms with Gasteiger partial charge in [0.1, 0.15) is 5.82 Å². The SMILES string of the molecule is CCc1ccnc(C(C)(C)CCN)n1. The van der Waals surface area contributed by atoms with Gasteiger partial charge in [-0.05, 0) is 25.5 Å². The van der Waals surface area contributed by atoms with E-state index in [-0.39, 0.29) is 5.41 Å². The lowest BCUT2D eigenvalue weighted by molar-refractivity contribution is 0.455. The molecule has 0 fully saturated rings. The van der Waals surface area contributed by atoms with Gasteiger partial charge >= 0.3 is 0 Å². The molecule has 1 rings (SSSR count). The number of aryl methyl sites for hydroxylation is 1. The summed E-state index contributed by atoms with van der Waals surface area (Å²) in [5.74, 6) is 0.905. The average molecular weight is 193 g/mol. The maximum Gasteiger partial charge on any atom is 0.134 e. The topological polar surface area (TPSA) is 51.8 Å². The fourth-order valence-corrected chi connectivity index (χ4v) is 1.39. The van der Waals surface area contributed by atoms with Crippen LogP contribution in [0.25, 0.3) is 0 Å². The predicted octanol–water partition coefficient (Wildman–Crippen LogP) is 1.67. The third-order valence-electron chi connectivity index (χ3n) is 2.45. The number of rotatable bonds is 4. The summed E-state index contributed by atoms with van der Waals surface area (Å²) >= 11 is 0. The Labute approximate surface area is 85.8 Å². The first kappa shape index (κ1) is 11.1. The summed E-state index contributed by atoms with van der Waals surface area (Å²) in [6, 6.07) is 1.96. The Balaban J connectivity index is 2.93. The first-order chi connectivity index (χ1) is 6.60. The van der Waals surface area contributed by atoms with Gasteiger partial charge in [0.15, 0.2) is 0 Å². The van der Waals surface area contributed by atoms with Crippen molar-refractivity contribution in [3.8, 4) is 0 Å². The van der Waals surface area contributed by atoms with E-state index in [0.717, 1.165) is 24.4 Å². The molecule has 78 valence electrons. The fourth-order valence-electron chi connectivity index (χ4n) is 1.39. The van der Waals surface area contributed by atoms with Crippen LogP contribution in [0.4, 0.5) is 0 Å². The van der Waals surface area contributed by atoms with Crippen LogP contribution in [0.5, 0.6) is 0 Å². The van der Waals surface area contributed by atoms with Crippen LogP contribution in [-0.2, 0) is 11.8 Å². The van der Waals surface area contributed by atoms with Crippen LogP contribution in [0.3, 0.4) is 0 Å². The molecule has 1 heterocycles. The third-order valence-corrected chi connectivity index (χ3v) is 2.45. The lowest BCUT2D eigenvalue weighted by Gasteiger charge is -2.22. The van der Waals surface area contributed by atoms with E-state index in [9.17, 15) is 0 Å². The fraction of sp³-hybridized carbons (Fsp3) is 0.636. The molecule has 0 spiro atoms. The number of aromatic nitrogens is 2. The monoisotopic (exact) mass is 193 g/mol. The second kappa shape index (κ2) is 4.51. The molecule has 2 N–H and O–H groups in total. The molecule has 3 nitrogen and oxygen atoms in total. The largest absolute Gasteiger partial charge is 0.330 e. The quantitative estimate of drug-likeness (QED) is 0.791. The molecule has 0 aromatic carbocycles. The molecular formula is C11H19N3. The van der Waals surface area contributed by atoms with Gasteiger partial charge in [0, 0.05) is 17.3 Å². The molecule has 0 saturated carbocycles. The summed E-state index contributed by atoms with van der Waals surface area (Å²) in [6.07, 6.45) is 3.70. The zero-order valence-corrected chi connectivity index (χ0v) is 9.25. The summed E-state index contributed by atoms with van der Waals surface area (Å²) < 4.78 is 0. The lowest BCUT2D eigenvalue weighted by Crippen LogP contribution is -2.24. The van der Waals surface area contributed by atoms with Crippen LogP contribution in [0.2, 0.25) is 0 Å². The van der Waals surface area contributed by atoms with E-state index >= 15 is 0 Å². The van der Waals surface area contributed by atoms with Crippen molar-refractivity contribution in [1.82, 2.24) is 9.97 Å². The van der Waals surface area contributed by atoms with E-state index in [1.54, 1.807) is 0 Å². The summed E-state index contributed by atoms with van der Waals surface area (Å²) in [6.45, 7) is 7.04. The van der Waals surface area contributed by atoms with Crippen LogP contribution in [0, 0.1) is 0 Å². The molecular weight excluding hydrogens is 174 g/mol. The molecule has 0 aliphatic rings. The van der Waals surface area contributed by atoms with Crippen molar-refractivity contribution in [3.05, 3.63) is 23.8 Å². The Morgan fingerprint density at radius 3 is 2.71 bits per heavy atom. The molecule has 1 aromatic heterocycles. The zero-order chi connectivity index (χ0) is 10.6. The van der Waals surface area contributed by atoms with Crippen LogP contribution in [0.1, 0.15) is 38.7 Å². The van der Waals surface area contributed by atoms with E-state index in [1.807, 2.05) is 12.3 Å². The van der Waals surface area contributed by atoms with E-state index in [0.29, 0.717) is 6.54 Å². The Hall–Kier alpha value is -0.960. The molecule has 0 bridgehead atoms. The van der Waals surface area contributed by atoms with E-state index < -0.39 is 0 Å². The highest BCUT2D eigenvalue weighted by molar-refractivity contribution is 5.09. The van der Waals surface area contributed by atoms with E-state index in [2.05, 4.69) is 30.7 Å². The maximum absolute atomic E-state index is 5.57. The van der Waals surface area contributed by atoms with Crippen molar-refractivity contribution in [1.29, 1.82) is 0 Å². The third kappa shape index (κ3) is 2.51. The van der Waals surface area contributed by atoms with Crippen molar-refractivity contribution < 1.29 is 0 Å². The lowest BCUT2D eigenvalue weighted by atomic mass is 9.88. The molecule has 0 aliphatic heterocycles. The minimum absolute atomic E-state index is 0.0140. The molecule has 1 aromatic rings. The number of nitrogens with zero attached hydrogens (tertiary/aromatic N) is 2. The van der Waals surface area contributed by atoms with Crippen LogP contribution >= 0.6 is 0 Å². The van der Waals surface area contributed by atoms with Crippen molar-refractivity contribution in [2.24, 2.45) is 5.73 Å². The highest BCUT2D eigenvalue weighted by atomic mass is 14.9. The van der Waals surface area contributed by atoms with E-state index in [1.165, 1.54) is 0 Å². The number of hydrogen-bond donors (Lipinski definition) is 1. The molecule has 0 amide bonds. The smallest absolute Gasteiger partial charge is 0.134 e. The molecule has 0 unspecified atom stereocenters. The second-order valence-corrected chi connectivity index (χ2v) is 4.15. The van der Waals surface area contributed by atoms with Gasteiger partial charge in [-0.1, -0.05) is 20.8 Å². The Bertz CT molecular complexity index is 294. The first-order valence-corrected chi connectivity index (χ1v) is 5.12. The van der Waals surface area contributed by atoms with Gasteiger partial charge in [-0.15, -0.1) is 0 Å². The molecule has 3 heteroatoms. The van der Waals surface area contributed by atoms with Gasteiger partial charge in [-0.25, -0.2) is 9.97 Å². The number of hydrogen-bond acceptors (Lipinski definition) is 3. The predicted molar refractivity (Wildman–Crippen MR) is 58.1 cm³/mol. The van der Waals surface area contributed by atoms with E-state index in [4.69, 9.17) is 5.73 Å². The minimum atomic E-state index is -0.0140. The highest BCUT2D eigenvalue weighted by Gasteiger charge is 2.22. The Morgan fingerprint density at radius 1 is 1.43 bits per heavy atom. The molecule has 0 saturated heterocycles. The Kier molecular flexibility index (Phi) is 3.58. The summed E-state index contributed by atoms with van der Waals surface area (Å²) in [7, 11) is 0. The standard InChI is InChI=1S/C11H19N3/c1-4-9-5-8-13-10(14-9)11(2,3)6-7-12/h5,8H,4,6-7,12H2,1-3H3. The second-order valence-electron chi connectivity index (χ2n) is 4.15. The molecule has 0 radical (unpaired) electrons. The maximum atomic E-state index is 5.57. The van der Waals surface area contributed by atoms with Crippen molar-refractivity contribution in [2.45, 2.75) is 39.0 Å². The summed E-state index contributed by atoms with van der Waals surface area (Å²) in [4.78, 5) is 8.83. The first-order valence-electron chi connectivity index (χ1n) is 5.12. The Morgan fingerprint density at radius 2 is 2.14 bits per heavy atom. The van der Waals surface area contributed by atoms with Gasteiger partial charge < -0.3 is 5.73 Å². The van der Waals surface area contributed by atoms with Gasteiger partial charge in [0.2, 0.25) is 0 Å². The minimum Gasteiger partial charge on any atom is -0.330 e. The van der Waals surface area contributed by atoms with Crippen LogP contribution < -0.4 is 5.73 Å². The van der Waals surface area contributed by atoms with Crippen LogP contribution in [-0.4, -0.2) is 16.5 Å². The van der Waals surface area contributed by atoms with Gasteiger partial charge in [-0.2, -0.15) is 0 Å².